The van der Waals surface area contributed by atoms with Crippen LogP contribution < -0.4 is 5.73 Å². The number of nitrogens with two attached hydrogens (primary N) is 1. The summed E-state index contributed by atoms with van der Waals surface area (Å²) in [6, 6.07) is 18.5. The molecule has 0 heterocycles. The Balaban J connectivity index is 2.23. The van der Waals surface area contributed by atoms with Gasteiger partial charge >= 0.3 is 0 Å². The van der Waals surface area contributed by atoms with Gasteiger partial charge in [-0.3, -0.25) is 0 Å². The van der Waals surface area contributed by atoms with Crippen molar-refractivity contribution in [2.24, 2.45) is 5.73 Å². The Labute approximate surface area is 111 Å². The standard InChI is InChI=1S/C15H16BrN/c1-15(17,13-7-3-2-4-8-13)11-12-6-5-9-14(16)10-12/h2-10H,11,17H2,1H3. The summed E-state index contributed by atoms with van der Waals surface area (Å²) in [6.45, 7) is 2.07. The molecule has 1 atom stereocenters. The molecule has 2 rings (SSSR count). The lowest BCUT2D eigenvalue weighted by Gasteiger charge is -2.25. The van der Waals surface area contributed by atoms with Crippen molar-refractivity contribution < 1.29 is 0 Å². The molecule has 2 heteroatoms. The minimum absolute atomic E-state index is 0.331. The highest BCUT2D eigenvalue weighted by Gasteiger charge is 2.21. The molecule has 0 aliphatic heterocycles. The number of hydrogen-bond acceptors (Lipinski definition) is 1. The highest BCUT2D eigenvalue weighted by atomic mass is 79.9. The first-order chi connectivity index (χ1) is 8.08. The molecule has 88 valence electrons. The average molecular weight is 290 g/mol. The summed E-state index contributed by atoms with van der Waals surface area (Å²) >= 11 is 3.49. The zero-order valence-electron chi connectivity index (χ0n) is 9.86. The van der Waals surface area contributed by atoms with Gasteiger partial charge in [-0.2, -0.15) is 0 Å². The Bertz CT molecular complexity index is 491. The van der Waals surface area contributed by atoms with Crippen LogP contribution in [-0.4, -0.2) is 0 Å². The van der Waals surface area contributed by atoms with Gasteiger partial charge in [-0.05, 0) is 36.6 Å². The van der Waals surface area contributed by atoms with Crippen LogP contribution in [-0.2, 0) is 12.0 Å². The Kier molecular flexibility index (Phi) is 3.65. The quantitative estimate of drug-likeness (QED) is 0.912. The third-order valence-electron chi connectivity index (χ3n) is 2.89. The second-order valence-corrected chi connectivity index (χ2v) is 5.51. The molecule has 2 aromatic carbocycles. The van der Waals surface area contributed by atoms with Crippen LogP contribution in [0, 0.1) is 0 Å². The fourth-order valence-electron chi connectivity index (χ4n) is 1.99. The summed E-state index contributed by atoms with van der Waals surface area (Å²) in [5.41, 5.74) is 8.48. The second kappa shape index (κ2) is 5.03. The predicted molar refractivity (Wildman–Crippen MR) is 75.8 cm³/mol. The van der Waals surface area contributed by atoms with Crippen molar-refractivity contribution in [3.05, 3.63) is 70.2 Å². The van der Waals surface area contributed by atoms with Gasteiger partial charge in [0.2, 0.25) is 0 Å². The maximum absolute atomic E-state index is 6.40. The van der Waals surface area contributed by atoms with Crippen LogP contribution in [0.2, 0.25) is 0 Å². The zero-order chi connectivity index (χ0) is 12.3. The molecular formula is C15H16BrN. The normalized spacial score (nSPS) is 14.3. The van der Waals surface area contributed by atoms with Crippen LogP contribution in [0.4, 0.5) is 0 Å². The van der Waals surface area contributed by atoms with Crippen molar-refractivity contribution in [1.29, 1.82) is 0 Å². The van der Waals surface area contributed by atoms with Crippen LogP contribution >= 0.6 is 15.9 Å². The molecule has 2 N–H and O–H groups in total. The van der Waals surface area contributed by atoms with Crippen molar-refractivity contribution in [3.8, 4) is 0 Å². The van der Waals surface area contributed by atoms with E-state index in [1.54, 1.807) is 0 Å². The van der Waals surface area contributed by atoms with Crippen LogP contribution in [0.1, 0.15) is 18.1 Å². The van der Waals surface area contributed by atoms with Crippen molar-refractivity contribution in [2.45, 2.75) is 18.9 Å². The molecule has 0 saturated heterocycles. The molecule has 0 radical (unpaired) electrons. The third-order valence-corrected chi connectivity index (χ3v) is 3.39. The maximum Gasteiger partial charge on any atom is 0.0421 e. The summed E-state index contributed by atoms with van der Waals surface area (Å²) in [5.74, 6) is 0. The van der Waals surface area contributed by atoms with Gasteiger partial charge in [-0.15, -0.1) is 0 Å². The fourth-order valence-corrected chi connectivity index (χ4v) is 2.44. The Hall–Kier alpha value is -1.12. The van der Waals surface area contributed by atoms with Crippen molar-refractivity contribution in [3.63, 3.8) is 0 Å². The Morgan fingerprint density at radius 3 is 2.41 bits per heavy atom. The molecule has 1 nitrogen and oxygen atoms in total. The van der Waals surface area contributed by atoms with Crippen molar-refractivity contribution in [1.82, 2.24) is 0 Å². The highest BCUT2D eigenvalue weighted by Crippen LogP contribution is 2.23. The Morgan fingerprint density at radius 2 is 1.76 bits per heavy atom. The number of rotatable bonds is 3. The minimum atomic E-state index is -0.331. The van der Waals surface area contributed by atoms with E-state index >= 15 is 0 Å². The van der Waals surface area contributed by atoms with Gasteiger partial charge in [-0.1, -0.05) is 58.4 Å². The maximum atomic E-state index is 6.40. The third kappa shape index (κ3) is 3.18. The Morgan fingerprint density at radius 1 is 1.06 bits per heavy atom. The first-order valence-electron chi connectivity index (χ1n) is 5.67. The molecular weight excluding hydrogens is 274 g/mol. The van der Waals surface area contributed by atoms with E-state index in [0.29, 0.717) is 0 Å². The summed E-state index contributed by atoms with van der Waals surface area (Å²) in [6.07, 6.45) is 0.830. The molecule has 0 aliphatic rings. The van der Waals surface area contributed by atoms with Crippen LogP contribution in [0.15, 0.2) is 59.1 Å². The molecule has 0 aromatic heterocycles. The highest BCUT2D eigenvalue weighted by molar-refractivity contribution is 9.10. The van der Waals surface area contributed by atoms with Crippen LogP contribution in [0.3, 0.4) is 0 Å². The predicted octanol–water partition coefficient (Wildman–Crippen LogP) is 3.87. The second-order valence-electron chi connectivity index (χ2n) is 4.59. The molecule has 0 amide bonds. The van der Waals surface area contributed by atoms with E-state index in [9.17, 15) is 0 Å². The molecule has 0 fully saturated rings. The number of halogens is 1. The molecule has 0 aliphatic carbocycles. The summed E-state index contributed by atoms with van der Waals surface area (Å²) in [5, 5.41) is 0. The molecule has 2 aromatic rings. The van der Waals surface area contributed by atoms with E-state index in [1.165, 1.54) is 11.1 Å². The van der Waals surface area contributed by atoms with Gasteiger partial charge in [0.25, 0.3) is 0 Å². The largest absolute Gasteiger partial charge is 0.321 e. The molecule has 0 spiro atoms. The average Bonchev–Trinajstić information content (AvgIpc) is 2.29. The first kappa shape index (κ1) is 12.3. The van der Waals surface area contributed by atoms with E-state index in [1.807, 2.05) is 30.3 Å². The lowest BCUT2D eigenvalue weighted by molar-refractivity contribution is 0.491. The van der Waals surface area contributed by atoms with E-state index in [-0.39, 0.29) is 5.54 Å². The van der Waals surface area contributed by atoms with Crippen LogP contribution in [0.5, 0.6) is 0 Å². The number of benzene rings is 2. The van der Waals surface area contributed by atoms with Gasteiger partial charge in [0.05, 0.1) is 0 Å². The molecule has 0 bridgehead atoms. The minimum Gasteiger partial charge on any atom is -0.321 e. The smallest absolute Gasteiger partial charge is 0.0421 e. The van der Waals surface area contributed by atoms with Crippen molar-refractivity contribution >= 4 is 15.9 Å². The van der Waals surface area contributed by atoms with Crippen molar-refractivity contribution in [2.75, 3.05) is 0 Å². The van der Waals surface area contributed by atoms with Gasteiger partial charge in [-0.25, -0.2) is 0 Å². The van der Waals surface area contributed by atoms with E-state index in [2.05, 4.69) is 47.1 Å². The summed E-state index contributed by atoms with van der Waals surface area (Å²) in [7, 11) is 0. The monoisotopic (exact) mass is 289 g/mol. The molecule has 0 saturated carbocycles. The van der Waals surface area contributed by atoms with E-state index < -0.39 is 0 Å². The first-order valence-corrected chi connectivity index (χ1v) is 6.46. The van der Waals surface area contributed by atoms with Gasteiger partial charge in [0, 0.05) is 10.0 Å². The molecule has 17 heavy (non-hydrogen) atoms. The lowest BCUT2D eigenvalue weighted by atomic mass is 9.87. The zero-order valence-corrected chi connectivity index (χ0v) is 11.4. The summed E-state index contributed by atoms with van der Waals surface area (Å²) < 4.78 is 1.10. The van der Waals surface area contributed by atoms with E-state index in [0.717, 1.165) is 10.9 Å². The van der Waals surface area contributed by atoms with E-state index in [4.69, 9.17) is 5.73 Å². The lowest BCUT2D eigenvalue weighted by Crippen LogP contribution is -2.35. The van der Waals surface area contributed by atoms with Gasteiger partial charge in [0.1, 0.15) is 0 Å². The topological polar surface area (TPSA) is 26.0 Å². The molecule has 1 unspecified atom stereocenters. The number of hydrogen-bond donors (Lipinski definition) is 1. The SMILES string of the molecule is CC(N)(Cc1cccc(Br)c1)c1ccccc1. The van der Waals surface area contributed by atoms with Gasteiger partial charge in [0.15, 0.2) is 0 Å². The summed E-state index contributed by atoms with van der Waals surface area (Å²) in [4.78, 5) is 0. The van der Waals surface area contributed by atoms with Gasteiger partial charge < -0.3 is 5.73 Å². The fraction of sp³-hybridized carbons (Fsp3) is 0.200. The van der Waals surface area contributed by atoms with Crippen LogP contribution in [0.25, 0.3) is 0 Å².